The molecule has 1 aliphatic rings. The van der Waals surface area contributed by atoms with Crippen LogP contribution in [-0.4, -0.2) is 13.2 Å². The summed E-state index contributed by atoms with van der Waals surface area (Å²) in [5, 5.41) is 0. The second kappa shape index (κ2) is 26.4. The molecule has 0 aromatic carbocycles. The molecule has 0 amide bonds. The van der Waals surface area contributed by atoms with Gasteiger partial charge in [-0.25, -0.2) is 4.57 Å². The van der Waals surface area contributed by atoms with E-state index in [0.29, 0.717) is 13.2 Å². The molecule has 0 spiro atoms. The van der Waals surface area contributed by atoms with Crippen LogP contribution in [0.4, 0.5) is 0 Å². The van der Waals surface area contributed by atoms with E-state index in [-0.39, 0.29) is 6.29 Å². The summed E-state index contributed by atoms with van der Waals surface area (Å²) >= 11 is 0. The van der Waals surface area contributed by atoms with Crippen LogP contribution in [0.25, 0.3) is 0 Å². The highest BCUT2D eigenvalue weighted by Gasteiger charge is 2.20. The number of rotatable bonds is 27. The number of nitrogens with zero attached hydrogens (tertiary/aromatic N) is 1. The highest BCUT2D eigenvalue weighted by atomic mass is 16.7. The van der Waals surface area contributed by atoms with Gasteiger partial charge in [-0.05, 0) is 24.8 Å². The van der Waals surface area contributed by atoms with Crippen LogP contribution in [0.2, 0.25) is 0 Å². The maximum absolute atomic E-state index is 6.05. The molecule has 2 rings (SSSR count). The molecule has 0 radical (unpaired) electrons. The molecule has 1 fully saturated rings. The van der Waals surface area contributed by atoms with Crippen molar-refractivity contribution in [1.29, 1.82) is 0 Å². The van der Waals surface area contributed by atoms with Crippen LogP contribution in [0.15, 0.2) is 36.2 Å². The van der Waals surface area contributed by atoms with Gasteiger partial charge in [0.15, 0.2) is 18.7 Å². The van der Waals surface area contributed by atoms with Gasteiger partial charge in [0.2, 0.25) is 0 Å². The zero-order valence-electron chi connectivity index (χ0n) is 27.5. The van der Waals surface area contributed by atoms with Crippen LogP contribution in [0.1, 0.15) is 186 Å². The zero-order chi connectivity index (χ0) is 29.1. The van der Waals surface area contributed by atoms with E-state index in [1.165, 1.54) is 160 Å². The highest BCUT2D eigenvalue weighted by molar-refractivity contribution is 5.12. The van der Waals surface area contributed by atoms with E-state index in [4.69, 9.17) is 9.47 Å². The number of allylic oxidation sites excluding steroid dienone is 1. The molecule has 0 unspecified atom stereocenters. The predicted octanol–water partition coefficient (Wildman–Crippen LogP) is 11.7. The van der Waals surface area contributed by atoms with Crippen molar-refractivity contribution in [1.82, 2.24) is 0 Å². The average Bonchev–Trinajstić information content (AvgIpc) is 3.00. The topological polar surface area (TPSA) is 22.3 Å². The first-order valence-electron chi connectivity index (χ1n) is 18.2. The fourth-order valence-electron chi connectivity index (χ4n) is 5.97. The van der Waals surface area contributed by atoms with Crippen LogP contribution in [-0.2, 0) is 16.0 Å². The number of unbranched alkanes of at least 4 members (excludes halogenated alkanes) is 23. The lowest BCUT2D eigenvalue weighted by Crippen LogP contribution is -2.33. The maximum atomic E-state index is 6.05. The Balaban J connectivity index is 1.39. The lowest BCUT2D eigenvalue weighted by Gasteiger charge is -2.25. The van der Waals surface area contributed by atoms with E-state index in [1.807, 2.05) is 0 Å². The summed E-state index contributed by atoms with van der Waals surface area (Å²) in [6.07, 6.45) is 41.4. The average molecular weight is 571 g/mol. The van der Waals surface area contributed by atoms with Crippen molar-refractivity contribution in [3.8, 4) is 0 Å². The molecule has 3 heteroatoms. The molecule has 0 aliphatic carbocycles. The predicted molar refractivity (Wildman–Crippen MR) is 176 cm³/mol. The van der Waals surface area contributed by atoms with Crippen molar-refractivity contribution in [2.24, 2.45) is 0 Å². The fourth-order valence-corrected chi connectivity index (χ4v) is 5.97. The minimum Gasteiger partial charge on any atom is -0.344 e. The third-order valence-electron chi connectivity index (χ3n) is 8.79. The molecule has 0 atom stereocenters. The van der Waals surface area contributed by atoms with Crippen molar-refractivity contribution in [3.05, 3.63) is 41.7 Å². The monoisotopic (exact) mass is 571 g/mol. The molecule has 1 aromatic heterocycles. The lowest BCUT2D eigenvalue weighted by atomic mass is 10.0. The molecule has 41 heavy (non-hydrogen) atoms. The second-order valence-corrected chi connectivity index (χ2v) is 12.8. The van der Waals surface area contributed by atoms with E-state index >= 15 is 0 Å². The van der Waals surface area contributed by atoms with Crippen molar-refractivity contribution in [2.75, 3.05) is 13.2 Å². The summed E-state index contributed by atoms with van der Waals surface area (Å²) in [5.74, 6) is 0. The summed E-state index contributed by atoms with van der Waals surface area (Å²) in [4.78, 5) is 0. The highest BCUT2D eigenvalue weighted by Crippen LogP contribution is 2.24. The van der Waals surface area contributed by atoms with Gasteiger partial charge in [0, 0.05) is 24.1 Å². The Morgan fingerprint density at radius 2 is 0.951 bits per heavy atom. The van der Waals surface area contributed by atoms with Gasteiger partial charge >= 0.3 is 0 Å². The Morgan fingerprint density at radius 3 is 1.39 bits per heavy atom. The first-order valence-corrected chi connectivity index (χ1v) is 18.2. The Bertz CT molecular complexity index is 718. The smallest absolute Gasteiger partial charge is 0.185 e. The Kier molecular flexibility index (Phi) is 23.2. The van der Waals surface area contributed by atoms with Gasteiger partial charge in [-0.2, -0.15) is 0 Å². The summed E-state index contributed by atoms with van der Waals surface area (Å²) < 4.78 is 14.4. The molecular formula is C38H68NO2+. The zero-order valence-corrected chi connectivity index (χ0v) is 27.5. The maximum Gasteiger partial charge on any atom is 0.185 e. The summed E-state index contributed by atoms with van der Waals surface area (Å²) in [6.45, 7) is 7.10. The van der Waals surface area contributed by atoms with Gasteiger partial charge in [0.05, 0.1) is 13.2 Å². The van der Waals surface area contributed by atoms with Crippen molar-refractivity contribution < 1.29 is 14.0 Å². The summed E-state index contributed by atoms with van der Waals surface area (Å²) in [7, 11) is 0. The molecule has 0 saturated carbocycles. The number of ether oxygens (including phenoxy) is 2. The Morgan fingerprint density at radius 1 is 0.561 bits per heavy atom. The molecule has 0 N–H and O–H groups in total. The fraction of sp³-hybridized carbons (Fsp3) is 0.816. The van der Waals surface area contributed by atoms with E-state index in [1.54, 1.807) is 0 Å². The summed E-state index contributed by atoms with van der Waals surface area (Å²) in [6, 6.07) is 4.33. The third-order valence-corrected chi connectivity index (χ3v) is 8.79. The molecule has 0 bridgehead atoms. The van der Waals surface area contributed by atoms with Crippen molar-refractivity contribution in [3.63, 3.8) is 0 Å². The van der Waals surface area contributed by atoms with Crippen LogP contribution >= 0.6 is 0 Å². The largest absolute Gasteiger partial charge is 0.344 e. The molecule has 2 heterocycles. The first-order chi connectivity index (χ1) is 20.3. The minimum atomic E-state index is -0.222. The molecule has 236 valence electrons. The van der Waals surface area contributed by atoms with E-state index in [0.717, 1.165) is 18.5 Å². The van der Waals surface area contributed by atoms with E-state index < -0.39 is 0 Å². The van der Waals surface area contributed by atoms with Crippen LogP contribution in [0, 0.1) is 0 Å². The third kappa shape index (κ3) is 19.6. The van der Waals surface area contributed by atoms with Gasteiger partial charge in [-0.15, -0.1) is 0 Å². The van der Waals surface area contributed by atoms with E-state index in [9.17, 15) is 0 Å². The van der Waals surface area contributed by atoms with Gasteiger partial charge < -0.3 is 9.47 Å². The number of hydrogen-bond acceptors (Lipinski definition) is 2. The molecule has 1 saturated heterocycles. The SMILES string of the molecule is CCCCCCCCCCCCCCCCCCC=C1COC(c2cc[n+](CCCCCCCCCC)cc2)OC1. The molecule has 1 aliphatic heterocycles. The van der Waals surface area contributed by atoms with Gasteiger partial charge in [-0.1, -0.05) is 155 Å². The van der Waals surface area contributed by atoms with Gasteiger partial charge in [-0.3, -0.25) is 0 Å². The normalized spacial score (nSPS) is 15.5. The molecular weight excluding hydrogens is 502 g/mol. The standard InChI is InChI=1S/C38H68NO2/c1-3-5-7-9-11-13-14-15-16-17-18-19-20-21-22-24-26-28-36-34-40-38(41-35-36)37-29-32-39(33-30-37)31-27-25-23-12-10-8-6-4-2/h28-30,32-33,38H,3-27,31,34-35H2,1-2H3/q+1. The van der Waals surface area contributed by atoms with Crippen molar-refractivity contribution >= 4 is 0 Å². The lowest BCUT2D eigenvalue weighted by molar-refractivity contribution is -0.697. The first kappa shape index (κ1) is 36.0. The Labute approximate surface area is 255 Å². The Hall–Kier alpha value is -1.19. The second-order valence-electron chi connectivity index (χ2n) is 12.8. The number of pyridine rings is 1. The summed E-state index contributed by atoms with van der Waals surface area (Å²) in [5.41, 5.74) is 2.44. The number of aryl methyl sites for hydroxylation is 1. The van der Waals surface area contributed by atoms with Gasteiger partial charge in [0.25, 0.3) is 0 Å². The molecule has 1 aromatic rings. The quantitative estimate of drug-likeness (QED) is 0.0596. The molecule has 3 nitrogen and oxygen atoms in total. The van der Waals surface area contributed by atoms with E-state index in [2.05, 4.69) is 49.0 Å². The van der Waals surface area contributed by atoms with Crippen LogP contribution in [0.5, 0.6) is 0 Å². The van der Waals surface area contributed by atoms with Gasteiger partial charge in [0.1, 0.15) is 6.54 Å². The van der Waals surface area contributed by atoms with Crippen molar-refractivity contribution in [2.45, 2.75) is 187 Å². The van der Waals surface area contributed by atoms with Crippen LogP contribution < -0.4 is 4.57 Å². The number of aromatic nitrogens is 1. The minimum absolute atomic E-state index is 0.222. The van der Waals surface area contributed by atoms with Crippen LogP contribution in [0.3, 0.4) is 0 Å². The number of hydrogen-bond donors (Lipinski definition) is 0.